The molecule has 0 spiro atoms. The number of aryl methyl sites for hydroxylation is 1. The number of anilines is 2. The van der Waals surface area contributed by atoms with Gasteiger partial charge >= 0.3 is 6.09 Å². The highest BCUT2D eigenvalue weighted by Gasteiger charge is 2.20. The van der Waals surface area contributed by atoms with Gasteiger partial charge in [-0.1, -0.05) is 22.9 Å². The molecule has 30 heavy (non-hydrogen) atoms. The maximum absolute atomic E-state index is 12.4. The standard InChI is InChI=1S/C18H18ClN7O4/c1-10(12-4-3-7-20-16(12)19)30-18(29)23-17-15(24-25-26(17)2)13-6-5-11(8-21-13)22-14(28)9-27/h3-8,10,27H,9H2,1-2H3,(H,22,28)(H,23,29)/t10-/m1/s1. The van der Waals surface area contributed by atoms with E-state index in [1.54, 1.807) is 44.4 Å². The third-order valence-corrected chi connectivity index (χ3v) is 4.31. The molecular weight excluding hydrogens is 414 g/mol. The van der Waals surface area contributed by atoms with E-state index in [9.17, 15) is 9.59 Å². The van der Waals surface area contributed by atoms with Crippen LogP contribution >= 0.6 is 11.6 Å². The fourth-order valence-electron chi connectivity index (χ4n) is 2.53. The fourth-order valence-corrected chi connectivity index (χ4v) is 2.80. The first-order chi connectivity index (χ1) is 14.4. The second-order valence-electron chi connectivity index (χ2n) is 6.10. The van der Waals surface area contributed by atoms with Crippen LogP contribution in [0.4, 0.5) is 16.3 Å². The van der Waals surface area contributed by atoms with Gasteiger partial charge in [0.2, 0.25) is 5.91 Å². The fraction of sp³-hybridized carbons (Fsp3) is 0.222. The molecule has 0 aromatic carbocycles. The van der Waals surface area contributed by atoms with Gasteiger partial charge in [-0.25, -0.2) is 14.5 Å². The molecule has 156 valence electrons. The van der Waals surface area contributed by atoms with Gasteiger partial charge in [0.1, 0.15) is 17.9 Å². The summed E-state index contributed by atoms with van der Waals surface area (Å²) in [6.45, 7) is 1.04. The van der Waals surface area contributed by atoms with Crippen molar-refractivity contribution in [3.05, 3.63) is 47.4 Å². The van der Waals surface area contributed by atoms with E-state index in [-0.39, 0.29) is 11.0 Å². The van der Waals surface area contributed by atoms with Crippen LogP contribution < -0.4 is 10.6 Å². The van der Waals surface area contributed by atoms with Crippen molar-refractivity contribution < 1.29 is 19.4 Å². The van der Waals surface area contributed by atoms with Crippen LogP contribution in [0.15, 0.2) is 36.7 Å². The molecule has 0 bridgehead atoms. The van der Waals surface area contributed by atoms with E-state index in [1.165, 1.54) is 10.9 Å². The number of hydrogen-bond donors (Lipinski definition) is 3. The smallest absolute Gasteiger partial charge is 0.413 e. The lowest BCUT2D eigenvalue weighted by molar-refractivity contribution is -0.118. The Morgan fingerprint density at radius 3 is 2.73 bits per heavy atom. The summed E-state index contributed by atoms with van der Waals surface area (Å²) in [5, 5.41) is 22.0. The average Bonchev–Trinajstić information content (AvgIpc) is 3.08. The summed E-state index contributed by atoms with van der Waals surface area (Å²) in [5.74, 6) is -0.291. The molecule has 3 rings (SSSR count). The minimum absolute atomic E-state index is 0.248. The molecule has 3 heterocycles. The summed E-state index contributed by atoms with van der Waals surface area (Å²) in [5.41, 5.74) is 1.68. The predicted octanol–water partition coefficient (Wildman–Crippen LogP) is 2.17. The van der Waals surface area contributed by atoms with Gasteiger partial charge in [-0.3, -0.25) is 15.1 Å². The number of halogens is 1. The Labute approximate surface area is 176 Å². The maximum Gasteiger partial charge on any atom is 0.413 e. The lowest BCUT2D eigenvalue weighted by atomic mass is 10.2. The molecular formula is C18H18ClN7O4. The molecule has 11 nitrogen and oxygen atoms in total. The molecule has 0 unspecified atom stereocenters. The Balaban J connectivity index is 1.73. The minimum Gasteiger partial charge on any atom is -0.441 e. The van der Waals surface area contributed by atoms with Crippen LogP contribution in [-0.2, 0) is 16.6 Å². The van der Waals surface area contributed by atoms with Crippen molar-refractivity contribution in [3.8, 4) is 11.4 Å². The number of hydrogen-bond acceptors (Lipinski definition) is 8. The summed E-state index contributed by atoms with van der Waals surface area (Å²) in [6.07, 6.45) is 1.57. The van der Waals surface area contributed by atoms with E-state index >= 15 is 0 Å². The Morgan fingerprint density at radius 1 is 1.27 bits per heavy atom. The number of pyridine rings is 2. The number of rotatable bonds is 6. The van der Waals surface area contributed by atoms with Crippen molar-refractivity contribution in [2.75, 3.05) is 17.2 Å². The quantitative estimate of drug-likeness (QED) is 0.503. The second-order valence-corrected chi connectivity index (χ2v) is 6.46. The van der Waals surface area contributed by atoms with E-state index < -0.39 is 24.7 Å². The van der Waals surface area contributed by atoms with Crippen molar-refractivity contribution in [1.29, 1.82) is 0 Å². The number of nitrogens with one attached hydrogen (secondary N) is 2. The second kappa shape index (κ2) is 9.29. The molecule has 0 radical (unpaired) electrons. The van der Waals surface area contributed by atoms with Crippen LogP contribution in [0.3, 0.4) is 0 Å². The van der Waals surface area contributed by atoms with Gasteiger partial charge in [0.15, 0.2) is 11.5 Å². The predicted molar refractivity (Wildman–Crippen MR) is 108 cm³/mol. The lowest BCUT2D eigenvalue weighted by Gasteiger charge is -2.15. The number of nitrogens with zero attached hydrogens (tertiary/aromatic N) is 5. The largest absolute Gasteiger partial charge is 0.441 e. The number of amides is 2. The van der Waals surface area contributed by atoms with Crippen LogP contribution in [-0.4, -0.2) is 48.7 Å². The van der Waals surface area contributed by atoms with Gasteiger partial charge in [0.05, 0.1) is 17.6 Å². The van der Waals surface area contributed by atoms with E-state index in [0.29, 0.717) is 22.6 Å². The van der Waals surface area contributed by atoms with Crippen molar-refractivity contribution in [2.24, 2.45) is 7.05 Å². The van der Waals surface area contributed by atoms with Crippen LogP contribution in [0.5, 0.6) is 0 Å². The van der Waals surface area contributed by atoms with Gasteiger partial charge in [-0.2, -0.15) is 0 Å². The lowest BCUT2D eigenvalue weighted by Crippen LogP contribution is -2.18. The molecule has 0 fully saturated rings. The van der Waals surface area contributed by atoms with Gasteiger partial charge in [0.25, 0.3) is 0 Å². The van der Waals surface area contributed by atoms with Crippen LogP contribution in [0, 0.1) is 0 Å². The Morgan fingerprint density at radius 2 is 2.07 bits per heavy atom. The van der Waals surface area contributed by atoms with Crippen LogP contribution in [0.25, 0.3) is 11.4 Å². The third-order valence-electron chi connectivity index (χ3n) is 3.99. The molecule has 0 saturated carbocycles. The Hall–Kier alpha value is -3.57. The highest BCUT2D eigenvalue weighted by molar-refractivity contribution is 6.30. The first-order valence-corrected chi connectivity index (χ1v) is 9.11. The van der Waals surface area contributed by atoms with E-state index in [4.69, 9.17) is 21.4 Å². The van der Waals surface area contributed by atoms with Gasteiger partial charge < -0.3 is 15.2 Å². The number of carbonyl (C=O) groups excluding carboxylic acids is 2. The maximum atomic E-state index is 12.4. The normalized spacial score (nSPS) is 11.6. The zero-order chi connectivity index (χ0) is 21.7. The van der Waals surface area contributed by atoms with Gasteiger partial charge in [-0.15, -0.1) is 5.10 Å². The zero-order valence-corrected chi connectivity index (χ0v) is 16.8. The minimum atomic E-state index is -0.735. The van der Waals surface area contributed by atoms with Gasteiger partial charge in [0, 0.05) is 18.8 Å². The zero-order valence-electron chi connectivity index (χ0n) is 16.0. The Bertz CT molecular complexity index is 1050. The average molecular weight is 432 g/mol. The first-order valence-electron chi connectivity index (χ1n) is 8.74. The molecule has 1 atom stereocenters. The van der Waals surface area contributed by atoms with E-state index in [1.807, 2.05) is 0 Å². The molecule has 3 aromatic rings. The number of ether oxygens (including phenoxy) is 1. The molecule has 0 saturated heterocycles. The van der Waals surface area contributed by atoms with Gasteiger partial charge in [-0.05, 0) is 25.1 Å². The molecule has 0 aliphatic rings. The molecule has 12 heteroatoms. The van der Waals surface area contributed by atoms with Crippen LogP contribution in [0.2, 0.25) is 5.15 Å². The van der Waals surface area contributed by atoms with E-state index in [2.05, 4.69) is 30.9 Å². The molecule has 2 amide bonds. The summed E-state index contributed by atoms with van der Waals surface area (Å²) < 4.78 is 6.74. The number of aliphatic hydroxyl groups excluding tert-OH is 1. The van der Waals surface area contributed by atoms with Crippen molar-refractivity contribution in [2.45, 2.75) is 13.0 Å². The summed E-state index contributed by atoms with van der Waals surface area (Å²) in [4.78, 5) is 31.8. The summed E-state index contributed by atoms with van der Waals surface area (Å²) in [7, 11) is 1.60. The first kappa shape index (κ1) is 21.1. The van der Waals surface area contributed by atoms with E-state index in [0.717, 1.165) is 0 Å². The number of aliphatic hydroxyl groups is 1. The highest BCUT2D eigenvalue weighted by atomic mass is 35.5. The summed E-state index contributed by atoms with van der Waals surface area (Å²) in [6, 6.07) is 6.58. The van der Waals surface area contributed by atoms with Crippen LogP contribution in [0.1, 0.15) is 18.6 Å². The Kier molecular flexibility index (Phi) is 6.54. The monoisotopic (exact) mass is 431 g/mol. The number of carbonyl (C=O) groups is 2. The number of aromatic nitrogens is 5. The highest BCUT2D eigenvalue weighted by Crippen LogP contribution is 2.26. The molecule has 0 aliphatic heterocycles. The topological polar surface area (TPSA) is 144 Å². The third kappa shape index (κ3) is 4.88. The molecule has 0 aliphatic carbocycles. The molecule has 3 N–H and O–H groups in total. The molecule has 3 aromatic heterocycles. The summed E-state index contributed by atoms with van der Waals surface area (Å²) >= 11 is 6.03. The van der Waals surface area contributed by atoms with Crippen molar-refractivity contribution >= 4 is 35.1 Å². The van der Waals surface area contributed by atoms with Crippen molar-refractivity contribution in [1.82, 2.24) is 25.0 Å². The van der Waals surface area contributed by atoms with Crippen molar-refractivity contribution in [3.63, 3.8) is 0 Å². The SMILES string of the molecule is C[C@@H](OC(=O)Nc1c(-c2ccc(NC(=O)CO)cn2)nnn1C)c1cccnc1Cl.